The quantitative estimate of drug-likeness (QED) is 0.174. The van der Waals surface area contributed by atoms with Gasteiger partial charge in [-0.1, -0.05) is 158 Å². The van der Waals surface area contributed by atoms with Crippen molar-refractivity contribution in [2.75, 3.05) is 0 Å². The van der Waals surface area contributed by atoms with Crippen molar-refractivity contribution in [1.82, 2.24) is 0 Å². The summed E-state index contributed by atoms with van der Waals surface area (Å²) in [5, 5.41) is 7.44. The van der Waals surface area contributed by atoms with Crippen LogP contribution in [0, 0.1) is 0 Å². The molecule has 0 saturated carbocycles. The van der Waals surface area contributed by atoms with Crippen molar-refractivity contribution in [2.45, 2.75) is 5.41 Å². The van der Waals surface area contributed by atoms with Gasteiger partial charge in [-0.3, -0.25) is 0 Å². The standard InChI is InChI=1S/C55H32O/c1-2-16-38-33(11-1)12-7-19-39(38)40-20-9-15-37-31-51-46(32-45(37)40)43-27-25-36(30-50(43)55(51)48-22-5-3-17-41(48)42-18-4-6-23-49(42)55)35-26-28-52-47(29-35)44-21-8-13-34-14-10-24-53(56-52)54(34)44/h1-32H. The molecule has 13 rings (SSSR count). The first-order chi connectivity index (χ1) is 27.8. The van der Waals surface area contributed by atoms with E-state index in [1.807, 2.05) is 0 Å². The van der Waals surface area contributed by atoms with E-state index >= 15 is 0 Å². The molecular weight excluding hydrogens is 677 g/mol. The maximum atomic E-state index is 6.51. The summed E-state index contributed by atoms with van der Waals surface area (Å²) in [6, 6.07) is 72.2. The van der Waals surface area contributed by atoms with Crippen molar-refractivity contribution >= 4 is 32.3 Å². The molecule has 1 spiro atoms. The maximum Gasteiger partial charge on any atom is 0.135 e. The third-order valence-corrected chi connectivity index (χ3v) is 12.9. The van der Waals surface area contributed by atoms with Gasteiger partial charge in [-0.25, -0.2) is 0 Å². The Morgan fingerprint density at radius 3 is 1.68 bits per heavy atom. The summed E-state index contributed by atoms with van der Waals surface area (Å²) in [7, 11) is 0. The Morgan fingerprint density at radius 2 is 0.857 bits per heavy atom. The van der Waals surface area contributed by atoms with E-state index in [2.05, 4.69) is 194 Å². The number of hydrogen-bond donors (Lipinski definition) is 0. The molecule has 0 radical (unpaired) electrons. The zero-order chi connectivity index (χ0) is 36.5. The summed E-state index contributed by atoms with van der Waals surface area (Å²) in [5.74, 6) is 1.82. The van der Waals surface area contributed by atoms with E-state index in [1.165, 1.54) is 105 Å². The van der Waals surface area contributed by atoms with Gasteiger partial charge in [-0.05, 0) is 136 Å². The Labute approximate surface area is 324 Å². The van der Waals surface area contributed by atoms with Crippen LogP contribution in [0.15, 0.2) is 194 Å². The zero-order valence-electron chi connectivity index (χ0n) is 30.4. The Hall–Kier alpha value is -7.22. The molecular formula is C55H32O. The lowest BCUT2D eigenvalue weighted by Crippen LogP contribution is -2.25. The molecule has 0 N–H and O–H groups in total. The lowest BCUT2D eigenvalue weighted by Gasteiger charge is -2.31. The fourth-order valence-electron chi connectivity index (χ4n) is 10.5. The van der Waals surface area contributed by atoms with Crippen LogP contribution >= 0.6 is 0 Å². The summed E-state index contributed by atoms with van der Waals surface area (Å²) in [4.78, 5) is 0. The first-order valence-corrected chi connectivity index (χ1v) is 19.5. The minimum atomic E-state index is -0.459. The maximum absolute atomic E-state index is 6.51. The van der Waals surface area contributed by atoms with Gasteiger partial charge in [0.1, 0.15) is 11.5 Å². The summed E-state index contributed by atoms with van der Waals surface area (Å²) in [6.07, 6.45) is 0. The van der Waals surface area contributed by atoms with Crippen molar-refractivity contribution in [3.63, 3.8) is 0 Å². The SMILES string of the molecule is c1ccc2c(c1)-c1ccccc1C21c2cc(-c3ccc4c(c3)-c3cccc5cccc(c35)O4)ccc2-c2cc3c(-c4cccc5ccccc45)cccc3cc21. The van der Waals surface area contributed by atoms with Crippen LogP contribution in [-0.4, -0.2) is 0 Å². The normalized spacial score (nSPS) is 13.6. The molecule has 0 fully saturated rings. The molecule has 56 heavy (non-hydrogen) atoms. The molecule has 10 aromatic carbocycles. The molecule has 0 saturated heterocycles. The second kappa shape index (κ2) is 10.9. The van der Waals surface area contributed by atoms with Crippen LogP contribution in [0.5, 0.6) is 11.5 Å². The van der Waals surface area contributed by atoms with Crippen LogP contribution in [-0.2, 0) is 5.41 Å². The van der Waals surface area contributed by atoms with Crippen LogP contribution in [0.1, 0.15) is 22.3 Å². The molecule has 1 heteroatoms. The third kappa shape index (κ3) is 3.84. The van der Waals surface area contributed by atoms with E-state index in [4.69, 9.17) is 4.74 Å². The van der Waals surface area contributed by atoms with Crippen molar-refractivity contribution in [3.8, 4) is 67.1 Å². The number of rotatable bonds is 2. The Morgan fingerprint density at radius 1 is 0.286 bits per heavy atom. The smallest absolute Gasteiger partial charge is 0.135 e. The molecule has 258 valence electrons. The van der Waals surface area contributed by atoms with E-state index in [1.54, 1.807) is 0 Å². The highest BCUT2D eigenvalue weighted by atomic mass is 16.5. The molecule has 10 aromatic rings. The van der Waals surface area contributed by atoms with Gasteiger partial charge < -0.3 is 4.74 Å². The van der Waals surface area contributed by atoms with Crippen LogP contribution in [0.2, 0.25) is 0 Å². The lowest BCUT2D eigenvalue weighted by molar-refractivity contribution is 0.487. The largest absolute Gasteiger partial charge is 0.456 e. The van der Waals surface area contributed by atoms with Crippen LogP contribution in [0.25, 0.3) is 88.0 Å². The predicted octanol–water partition coefficient (Wildman–Crippen LogP) is 14.6. The number of hydrogen-bond acceptors (Lipinski definition) is 1. The molecule has 3 aliphatic rings. The Balaban J connectivity index is 1.08. The van der Waals surface area contributed by atoms with E-state index in [0.717, 1.165) is 17.1 Å². The van der Waals surface area contributed by atoms with Gasteiger partial charge in [0.05, 0.1) is 5.41 Å². The number of benzene rings is 10. The molecule has 0 bridgehead atoms. The molecule has 0 amide bonds. The summed E-state index contributed by atoms with van der Waals surface area (Å²) in [5.41, 5.74) is 17.4. The average molecular weight is 709 g/mol. The van der Waals surface area contributed by atoms with Gasteiger partial charge >= 0.3 is 0 Å². The van der Waals surface area contributed by atoms with Gasteiger partial charge in [0, 0.05) is 10.9 Å². The fraction of sp³-hybridized carbons (Fsp3) is 0.0182. The van der Waals surface area contributed by atoms with Crippen molar-refractivity contribution in [1.29, 1.82) is 0 Å². The monoisotopic (exact) mass is 708 g/mol. The molecule has 0 atom stereocenters. The second-order valence-corrected chi connectivity index (χ2v) is 15.5. The summed E-state index contributed by atoms with van der Waals surface area (Å²) >= 11 is 0. The van der Waals surface area contributed by atoms with Gasteiger partial charge in [0.15, 0.2) is 0 Å². The number of ether oxygens (including phenoxy) is 1. The molecule has 0 unspecified atom stereocenters. The van der Waals surface area contributed by atoms with Crippen molar-refractivity contribution in [3.05, 3.63) is 216 Å². The molecule has 1 heterocycles. The highest BCUT2D eigenvalue weighted by Crippen LogP contribution is 2.64. The van der Waals surface area contributed by atoms with Gasteiger partial charge in [-0.2, -0.15) is 0 Å². The number of fused-ring (bicyclic) bond motifs is 14. The fourth-order valence-corrected chi connectivity index (χ4v) is 10.5. The Kier molecular flexibility index (Phi) is 5.89. The summed E-state index contributed by atoms with van der Waals surface area (Å²) < 4.78 is 6.51. The first-order valence-electron chi connectivity index (χ1n) is 19.5. The Bertz CT molecular complexity index is 3290. The average Bonchev–Trinajstić information content (AvgIpc) is 3.72. The second-order valence-electron chi connectivity index (χ2n) is 15.5. The third-order valence-electron chi connectivity index (χ3n) is 12.9. The first kappa shape index (κ1) is 30.1. The predicted molar refractivity (Wildman–Crippen MR) is 232 cm³/mol. The zero-order valence-corrected chi connectivity index (χ0v) is 30.4. The van der Waals surface area contributed by atoms with E-state index in [0.29, 0.717) is 0 Å². The summed E-state index contributed by atoms with van der Waals surface area (Å²) in [6.45, 7) is 0. The van der Waals surface area contributed by atoms with Crippen LogP contribution < -0.4 is 4.74 Å². The van der Waals surface area contributed by atoms with Crippen molar-refractivity contribution in [2.24, 2.45) is 0 Å². The van der Waals surface area contributed by atoms with E-state index in [9.17, 15) is 0 Å². The molecule has 0 aromatic heterocycles. The minimum absolute atomic E-state index is 0.459. The molecule has 1 nitrogen and oxygen atoms in total. The van der Waals surface area contributed by atoms with E-state index in [-0.39, 0.29) is 0 Å². The lowest BCUT2D eigenvalue weighted by atomic mass is 9.70. The van der Waals surface area contributed by atoms with Gasteiger partial charge in [0.2, 0.25) is 0 Å². The molecule has 2 aliphatic carbocycles. The van der Waals surface area contributed by atoms with Gasteiger partial charge in [0.25, 0.3) is 0 Å². The molecule has 1 aliphatic heterocycles. The van der Waals surface area contributed by atoms with Crippen molar-refractivity contribution < 1.29 is 4.74 Å². The van der Waals surface area contributed by atoms with Crippen LogP contribution in [0.3, 0.4) is 0 Å². The highest BCUT2D eigenvalue weighted by molar-refractivity contribution is 6.09. The highest BCUT2D eigenvalue weighted by Gasteiger charge is 2.51. The minimum Gasteiger partial charge on any atom is -0.456 e. The topological polar surface area (TPSA) is 9.23 Å². The van der Waals surface area contributed by atoms with E-state index < -0.39 is 5.41 Å². The van der Waals surface area contributed by atoms with Gasteiger partial charge in [-0.15, -0.1) is 0 Å². The van der Waals surface area contributed by atoms with Crippen LogP contribution in [0.4, 0.5) is 0 Å².